The van der Waals surface area contributed by atoms with Crippen molar-refractivity contribution in [3.8, 4) is 0 Å². The number of thioether (sulfide) groups is 1. The van der Waals surface area contributed by atoms with E-state index in [0.29, 0.717) is 23.2 Å². The molecule has 0 aliphatic heterocycles. The fourth-order valence-electron chi connectivity index (χ4n) is 2.33. The molecule has 2 amide bonds. The van der Waals surface area contributed by atoms with Crippen molar-refractivity contribution in [2.75, 3.05) is 19.1 Å². The zero-order chi connectivity index (χ0) is 19.8. The Morgan fingerprint density at radius 2 is 1.89 bits per heavy atom. The van der Waals surface area contributed by atoms with Crippen LogP contribution in [0.4, 0.5) is 0 Å². The molecule has 144 valence electrons. The van der Waals surface area contributed by atoms with Crippen molar-refractivity contribution in [3.63, 3.8) is 0 Å². The highest BCUT2D eigenvalue weighted by Gasteiger charge is 2.25. The molecule has 1 aromatic carbocycles. The molecule has 0 fully saturated rings. The van der Waals surface area contributed by atoms with E-state index >= 15 is 0 Å². The van der Waals surface area contributed by atoms with E-state index in [2.05, 4.69) is 20.6 Å². The second kappa shape index (κ2) is 9.86. The van der Waals surface area contributed by atoms with Gasteiger partial charge in [-0.25, -0.2) is 9.78 Å². The van der Waals surface area contributed by atoms with Gasteiger partial charge in [0.25, 0.3) is 5.91 Å². The molecule has 8 nitrogen and oxygen atoms in total. The van der Waals surface area contributed by atoms with Crippen molar-refractivity contribution in [1.82, 2.24) is 20.6 Å². The summed E-state index contributed by atoms with van der Waals surface area (Å²) in [5.41, 5.74) is 1.37. The van der Waals surface area contributed by atoms with Crippen LogP contribution in [-0.4, -0.2) is 59.0 Å². The summed E-state index contributed by atoms with van der Waals surface area (Å²) in [6.07, 6.45) is 3.71. The summed E-state index contributed by atoms with van der Waals surface area (Å²) in [4.78, 5) is 44.9. The van der Waals surface area contributed by atoms with Crippen LogP contribution in [0.1, 0.15) is 23.8 Å². The summed E-state index contributed by atoms with van der Waals surface area (Å²) in [7, 11) is 1.27. The monoisotopic (exact) mass is 390 g/mol. The molecule has 0 aliphatic rings. The Hall–Kier alpha value is -2.68. The number of nitrogens with zero attached hydrogens (tertiary/aromatic N) is 2. The van der Waals surface area contributed by atoms with Crippen LogP contribution >= 0.6 is 11.8 Å². The predicted octanol–water partition coefficient (Wildman–Crippen LogP) is 1.16. The fourth-order valence-corrected chi connectivity index (χ4v) is 2.80. The first-order valence-electron chi connectivity index (χ1n) is 8.36. The van der Waals surface area contributed by atoms with Crippen molar-refractivity contribution in [2.24, 2.45) is 0 Å². The second-order valence-electron chi connectivity index (χ2n) is 5.80. The minimum Gasteiger partial charge on any atom is -0.467 e. The lowest BCUT2D eigenvalue weighted by Crippen LogP contribution is -2.50. The molecule has 1 aromatic heterocycles. The van der Waals surface area contributed by atoms with Gasteiger partial charge in [0, 0.05) is 0 Å². The van der Waals surface area contributed by atoms with Gasteiger partial charge in [0.15, 0.2) is 0 Å². The maximum atomic E-state index is 12.4. The summed E-state index contributed by atoms with van der Waals surface area (Å²) in [6.45, 7) is 1.53. The molecular weight excluding hydrogens is 368 g/mol. The third kappa shape index (κ3) is 5.65. The Morgan fingerprint density at radius 3 is 2.56 bits per heavy atom. The third-order valence-electron chi connectivity index (χ3n) is 3.83. The molecule has 27 heavy (non-hydrogen) atoms. The summed E-state index contributed by atoms with van der Waals surface area (Å²) >= 11 is 1.56. The SMILES string of the molecule is COC(=O)[C@@H](CCSC)NC(=O)[C@H](C)NC(=O)c1cnc2ccccc2n1. The highest BCUT2D eigenvalue weighted by atomic mass is 32.2. The number of hydrogen-bond acceptors (Lipinski definition) is 7. The molecule has 2 N–H and O–H groups in total. The van der Waals surface area contributed by atoms with Crippen LogP contribution in [0.25, 0.3) is 11.0 Å². The number of aromatic nitrogens is 2. The Kier molecular flexibility index (Phi) is 7.54. The fraction of sp³-hybridized carbons (Fsp3) is 0.389. The van der Waals surface area contributed by atoms with Crippen molar-refractivity contribution in [2.45, 2.75) is 25.4 Å². The first kappa shape index (κ1) is 20.6. The second-order valence-corrected chi connectivity index (χ2v) is 6.79. The lowest BCUT2D eigenvalue weighted by Gasteiger charge is -2.19. The zero-order valence-electron chi connectivity index (χ0n) is 15.4. The number of nitrogens with one attached hydrogen (secondary N) is 2. The number of para-hydroxylation sites is 2. The van der Waals surface area contributed by atoms with Gasteiger partial charge in [-0.1, -0.05) is 12.1 Å². The number of fused-ring (bicyclic) bond motifs is 1. The van der Waals surface area contributed by atoms with Crippen LogP contribution in [-0.2, 0) is 14.3 Å². The normalized spacial score (nSPS) is 12.9. The summed E-state index contributed by atoms with van der Waals surface area (Å²) in [5.74, 6) is -0.826. The number of carbonyl (C=O) groups is 3. The Bertz CT molecular complexity index is 830. The maximum absolute atomic E-state index is 12.4. The van der Waals surface area contributed by atoms with Crippen LogP contribution in [0.2, 0.25) is 0 Å². The van der Waals surface area contributed by atoms with E-state index in [-0.39, 0.29) is 5.69 Å². The topological polar surface area (TPSA) is 110 Å². The van der Waals surface area contributed by atoms with Crippen molar-refractivity contribution >= 4 is 40.6 Å². The molecule has 0 unspecified atom stereocenters. The lowest BCUT2D eigenvalue weighted by atomic mass is 10.2. The number of rotatable bonds is 8. The van der Waals surface area contributed by atoms with E-state index < -0.39 is 29.9 Å². The average molecular weight is 390 g/mol. The van der Waals surface area contributed by atoms with E-state index in [1.807, 2.05) is 12.3 Å². The average Bonchev–Trinajstić information content (AvgIpc) is 2.69. The number of amides is 2. The zero-order valence-corrected chi connectivity index (χ0v) is 16.2. The Labute approximate surface area is 161 Å². The maximum Gasteiger partial charge on any atom is 0.328 e. The van der Waals surface area contributed by atoms with E-state index in [9.17, 15) is 14.4 Å². The first-order chi connectivity index (χ1) is 13.0. The van der Waals surface area contributed by atoms with Gasteiger partial charge < -0.3 is 15.4 Å². The van der Waals surface area contributed by atoms with Gasteiger partial charge in [0.1, 0.15) is 17.8 Å². The quantitative estimate of drug-likeness (QED) is 0.651. The predicted molar refractivity (Wildman–Crippen MR) is 103 cm³/mol. The highest BCUT2D eigenvalue weighted by Crippen LogP contribution is 2.08. The molecule has 9 heteroatoms. The minimum absolute atomic E-state index is 0.111. The van der Waals surface area contributed by atoms with Crippen LogP contribution in [0.5, 0.6) is 0 Å². The standard InChI is InChI=1S/C18H22N4O4S/c1-11(16(23)22-14(8-9-27-3)18(25)26-2)20-17(24)15-10-19-12-6-4-5-7-13(12)21-15/h4-7,10-11,14H,8-9H2,1-3H3,(H,20,24)(H,22,23)/t11-,14+/m0/s1. The summed E-state index contributed by atoms with van der Waals surface area (Å²) in [6, 6.07) is 5.57. The molecule has 0 bridgehead atoms. The highest BCUT2D eigenvalue weighted by molar-refractivity contribution is 7.98. The largest absolute Gasteiger partial charge is 0.467 e. The Morgan fingerprint density at radius 1 is 1.19 bits per heavy atom. The summed E-state index contributed by atoms with van der Waals surface area (Å²) < 4.78 is 4.71. The number of benzene rings is 1. The van der Waals surface area contributed by atoms with Crippen molar-refractivity contribution in [1.29, 1.82) is 0 Å². The number of hydrogen-bond donors (Lipinski definition) is 2. The summed E-state index contributed by atoms with van der Waals surface area (Å²) in [5, 5.41) is 5.18. The molecule has 2 atom stereocenters. The van der Waals surface area contributed by atoms with Crippen molar-refractivity contribution in [3.05, 3.63) is 36.2 Å². The molecule has 0 spiro atoms. The lowest BCUT2D eigenvalue weighted by molar-refractivity contribution is -0.145. The smallest absolute Gasteiger partial charge is 0.328 e. The van der Waals surface area contributed by atoms with E-state index in [1.54, 1.807) is 30.0 Å². The first-order valence-corrected chi connectivity index (χ1v) is 9.75. The van der Waals surface area contributed by atoms with Crippen LogP contribution in [0, 0.1) is 0 Å². The third-order valence-corrected chi connectivity index (χ3v) is 4.48. The van der Waals surface area contributed by atoms with E-state index in [0.717, 1.165) is 0 Å². The molecule has 0 saturated heterocycles. The van der Waals surface area contributed by atoms with Crippen LogP contribution < -0.4 is 10.6 Å². The number of methoxy groups -OCH3 is 1. The number of ether oxygens (including phenoxy) is 1. The molecule has 1 heterocycles. The minimum atomic E-state index is -0.854. The molecule has 0 radical (unpaired) electrons. The molecule has 0 saturated carbocycles. The van der Waals surface area contributed by atoms with Gasteiger partial charge in [-0.2, -0.15) is 11.8 Å². The van der Waals surface area contributed by atoms with Gasteiger partial charge in [0.05, 0.1) is 24.3 Å². The van der Waals surface area contributed by atoms with Crippen molar-refractivity contribution < 1.29 is 19.1 Å². The van der Waals surface area contributed by atoms with Crippen LogP contribution in [0.3, 0.4) is 0 Å². The van der Waals surface area contributed by atoms with Gasteiger partial charge >= 0.3 is 5.97 Å². The van der Waals surface area contributed by atoms with E-state index in [1.165, 1.54) is 20.2 Å². The van der Waals surface area contributed by atoms with E-state index in [4.69, 9.17) is 4.74 Å². The number of carbonyl (C=O) groups excluding carboxylic acids is 3. The molecular formula is C18H22N4O4S. The Balaban J connectivity index is 2.00. The number of esters is 1. The molecule has 2 rings (SSSR count). The van der Waals surface area contributed by atoms with Gasteiger partial charge in [-0.15, -0.1) is 0 Å². The van der Waals surface area contributed by atoms with Crippen LogP contribution in [0.15, 0.2) is 30.5 Å². The van der Waals surface area contributed by atoms with Gasteiger partial charge in [-0.05, 0) is 37.5 Å². The van der Waals surface area contributed by atoms with Gasteiger partial charge in [0.2, 0.25) is 5.91 Å². The van der Waals surface area contributed by atoms with Gasteiger partial charge in [-0.3, -0.25) is 14.6 Å². The molecule has 0 aliphatic carbocycles. The molecule has 2 aromatic rings.